The van der Waals surface area contributed by atoms with Crippen molar-refractivity contribution in [2.75, 3.05) is 0 Å². The number of allylic oxidation sites excluding steroid dienone is 8. The summed E-state index contributed by atoms with van der Waals surface area (Å²) in [7, 11) is 0. The van der Waals surface area contributed by atoms with E-state index in [1.165, 1.54) is 77.0 Å². The summed E-state index contributed by atoms with van der Waals surface area (Å²) in [5.74, 6) is 0. The standard InChI is InChI=1S/C20H24/c1-5-13-14(6-1)16-8-3-10-18(16)20-12-4-11-19(20)17-9-2-7-15(13)17/h1-12H2/b15-13-,16-14-,19-17-,20-18-. The van der Waals surface area contributed by atoms with Crippen LogP contribution in [0.5, 0.6) is 0 Å². The molecular weight excluding hydrogens is 240 g/mol. The summed E-state index contributed by atoms with van der Waals surface area (Å²) >= 11 is 0. The Morgan fingerprint density at radius 1 is 0.250 bits per heavy atom. The van der Waals surface area contributed by atoms with E-state index in [2.05, 4.69) is 0 Å². The lowest BCUT2D eigenvalue weighted by molar-refractivity contribution is 0.907. The van der Waals surface area contributed by atoms with E-state index in [9.17, 15) is 0 Å². The summed E-state index contributed by atoms with van der Waals surface area (Å²) in [5.41, 5.74) is 14.6. The number of hydrogen-bond acceptors (Lipinski definition) is 0. The first kappa shape index (κ1) is 11.6. The van der Waals surface area contributed by atoms with Crippen molar-refractivity contribution in [3.8, 4) is 0 Å². The third kappa shape index (κ3) is 1.43. The maximum Gasteiger partial charge on any atom is -0.0270 e. The Morgan fingerprint density at radius 2 is 0.400 bits per heavy atom. The van der Waals surface area contributed by atoms with Gasteiger partial charge in [-0.2, -0.15) is 0 Å². The van der Waals surface area contributed by atoms with Gasteiger partial charge in [0, 0.05) is 0 Å². The molecule has 0 unspecified atom stereocenters. The molecule has 0 radical (unpaired) electrons. The average molecular weight is 264 g/mol. The minimum absolute atomic E-state index is 1.38. The second-order valence-corrected chi connectivity index (χ2v) is 7.24. The summed E-state index contributed by atoms with van der Waals surface area (Å²) in [6, 6.07) is 0. The van der Waals surface area contributed by atoms with Gasteiger partial charge in [-0.3, -0.25) is 0 Å². The third-order valence-electron chi connectivity index (χ3n) is 6.33. The Balaban J connectivity index is 1.86. The molecule has 5 aliphatic rings. The van der Waals surface area contributed by atoms with Crippen LogP contribution in [0.4, 0.5) is 0 Å². The minimum Gasteiger partial charge on any atom is -0.0451 e. The predicted molar refractivity (Wildman–Crippen MR) is 83.5 cm³/mol. The molecule has 20 heavy (non-hydrogen) atoms. The Labute approximate surface area is 122 Å². The fraction of sp³-hybridized carbons (Fsp3) is 0.600. The first-order chi connectivity index (χ1) is 9.93. The lowest BCUT2D eigenvalue weighted by atomic mass is 9.84. The van der Waals surface area contributed by atoms with Crippen LogP contribution in [-0.2, 0) is 0 Å². The summed E-state index contributed by atoms with van der Waals surface area (Å²) < 4.78 is 0. The van der Waals surface area contributed by atoms with Gasteiger partial charge in [-0.1, -0.05) is 0 Å². The van der Waals surface area contributed by atoms with Crippen molar-refractivity contribution >= 4 is 0 Å². The molecule has 0 aromatic rings. The van der Waals surface area contributed by atoms with Crippen LogP contribution in [0.15, 0.2) is 44.6 Å². The highest BCUT2D eigenvalue weighted by Gasteiger charge is 2.34. The molecule has 0 amide bonds. The van der Waals surface area contributed by atoms with Gasteiger partial charge < -0.3 is 0 Å². The maximum absolute atomic E-state index is 1.82. The first-order valence-corrected chi connectivity index (χ1v) is 8.83. The van der Waals surface area contributed by atoms with Gasteiger partial charge in [0.1, 0.15) is 0 Å². The molecule has 0 aromatic heterocycles. The van der Waals surface area contributed by atoms with E-state index in [0.29, 0.717) is 0 Å². The Morgan fingerprint density at radius 3 is 0.550 bits per heavy atom. The molecule has 0 N–H and O–H groups in total. The summed E-state index contributed by atoms with van der Waals surface area (Å²) in [5, 5.41) is 0. The van der Waals surface area contributed by atoms with Gasteiger partial charge >= 0.3 is 0 Å². The van der Waals surface area contributed by atoms with Gasteiger partial charge in [0.2, 0.25) is 0 Å². The van der Waals surface area contributed by atoms with Crippen LogP contribution in [0.1, 0.15) is 77.0 Å². The zero-order valence-electron chi connectivity index (χ0n) is 12.5. The molecule has 5 rings (SSSR count). The Hall–Kier alpha value is -1.04. The molecule has 4 fully saturated rings. The largest absolute Gasteiger partial charge is 0.0451 e. The molecule has 0 atom stereocenters. The second-order valence-electron chi connectivity index (χ2n) is 7.24. The van der Waals surface area contributed by atoms with Gasteiger partial charge in [0.15, 0.2) is 0 Å². The fourth-order valence-electron chi connectivity index (χ4n) is 5.64. The van der Waals surface area contributed by atoms with E-state index in [1.807, 2.05) is 44.6 Å². The molecule has 0 spiro atoms. The molecule has 4 saturated carbocycles. The maximum atomic E-state index is 1.82. The van der Waals surface area contributed by atoms with Crippen LogP contribution in [0.25, 0.3) is 0 Å². The topological polar surface area (TPSA) is 0 Å². The lowest BCUT2D eigenvalue weighted by Gasteiger charge is -2.21. The SMILES string of the molecule is C1CC2=C3\CCC\C3=C3/CCC/C3=C3\CCC\C3=C\2C1. The number of fused-ring (bicyclic) bond motifs is 4. The van der Waals surface area contributed by atoms with E-state index >= 15 is 0 Å². The molecule has 0 nitrogen and oxygen atoms in total. The van der Waals surface area contributed by atoms with Crippen LogP contribution < -0.4 is 0 Å². The first-order valence-electron chi connectivity index (χ1n) is 8.83. The molecule has 0 aromatic carbocycles. The molecule has 0 saturated heterocycles. The summed E-state index contributed by atoms with van der Waals surface area (Å²) in [4.78, 5) is 0. The molecule has 0 heterocycles. The van der Waals surface area contributed by atoms with Gasteiger partial charge in [0.05, 0.1) is 0 Å². The smallest absolute Gasteiger partial charge is 0.0270 e. The average Bonchev–Trinajstić information content (AvgIpc) is 3.21. The highest BCUT2D eigenvalue weighted by molar-refractivity contribution is 5.64. The van der Waals surface area contributed by atoms with Crippen molar-refractivity contribution in [2.45, 2.75) is 77.0 Å². The highest BCUT2D eigenvalue weighted by Crippen LogP contribution is 2.53. The van der Waals surface area contributed by atoms with Crippen LogP contribution in [0.3, 0.4) is 0 Å². The number of hydrogen-bond donors (Lipinski definition) is 0. The quantitative estimate of drug-likeness (QED) is 0.509. The van der Waals surface area contributed by atoms with Crippen molar-refractivity contribution in [2.24, 2.45) is 0 Å². The minimum atomic E-state index is 1.38. The van der Waals surface area contributed by atoms with Crippen LogP contribution in [-0.4, -0.2) is 0 Å². The summed E-state index contributed by atoms with van der Waals surface area (Å²) in [6.07, 6.45) is 16.7. The monoisotopic (exact) mass is 264 g/mol. The van der Waals surface area contributed by atoms with E-state index in [4.69, 9.17) is 0 Å². The Bertz CT molecular complexity index is 436. The summed E-state index contributed by atoms with van der Waals surface area (Å²) in [6.45, 7) is 0. The van der Waals surface area contributed by atoms with Gasteiger partial charge in [-0.05, 0) is 122 Å². The predicted octanol–water partition coefficient (Wildman–Crippen LogP) is 5.92. The Kier molecular flexibility index (Phi) is 2.45. The van der Waals surface area contributed by atoms with Crippen LogP contribution >= 0.6 is 0 Å². The van der Waals surface area contributed by atoms with Crippen molar-refractivity contribution in [1.82, 2.24) is 0 Å². The molecule has 0 aliphatic heterocycles. The van der Waals surface area contributed by atoms with Crippen molar-refractivity contribution in [3.63, 3.8) is 0 Å². The molecule has 0 heteroatoms. The second kappa shape index (κ2) is 4.23. The van der Waals surface area contributed by atoms with E-state index < -0.39 is 0 Å². The van der Waals surface area contributed by atoms with E-state index in [0.717, 1.165) is 0 Å². The van der Waals surface area contributed by atoms with Crippen molar-refractivity contribution < 1.29 is 0 Å². The highest BCUT2D eigenvalue weighted by atomic mass is 14.4. The lowest BCUT2D eigenvalue weighted by Crippen LogP contribution is -2.01. The van der Waals surface area contributed by atoms with Gasteiger partial charge in [-0.25, -0.2) is 0 Å². The van der Waals surface area contributed by atoms with Gasteiger partial charge in [0.25, 0.3) is 0 Å². The zero-order valence-corrected chi connectivity index (χ0v) is 12.5. The molecular formula is C20H24. The molecule has 104 valence electrons. The fourth-order valence-corrected chi connectivity index (χ4v) is 5.64. The van der Waals surface area contributed by atoms with Crippen LogP contribution in [0.2, 0.25) is 0 Å². The van der Waals surface area contributed by atoms with Crippen molar-refractivity contribution in [3.05, 3.63) is 44.6 Å². The van der Waals surface area contributed by atoms with E-state index in [1.54, 1.807) is 0 Å². The molecule has 5 aliphatic carbocycles. The van der Waals surface area contributed by atoms with E-state index in [-0.39, 0.29) is 0 Å². The number of rotatable bonds is 0. The normalized spacial score (nSPS) is 43.2. The van der Waals surface area contributed by atoms with Crippen molar-refractivity contribution in [1.29, 1.82) is 0 Å². The van der Waals surface area contributed by atoms with Gasteiger partial charge in [-0.15, -0.1) is 0 Å². The molecule has 0 bridgehead atoms. The zero-order chi connectivity index (χ0) is 13.1. The van der Waals surface area contributed by atoms with Crippen LogP contribution in [0, 0.1) is 0 Å². The third-order valence-corrected chi connectivity index (χ3v) is 6.33.